The number of ether oxygens (including phenoxy) is 1. The van der Waals surface area contributed by atoms with Crippen LogP contribution in [0.25, 0.3) is 11.3 Å². The first-order valence-electron chi connectivity index (χ1n) is 16.3. The van der Waals surface area contributed by atoms with Crippen molar-refractivity contribution in [1.29, 1.82) is 0 Å². The predicted octanol–water partition coefficient (Wildman–Crippen LogP) is 5.62. The third kappa shape index (κ3) is 7.56. The Morgan fingerprint density at radius 1 is 0.978 bits per heavy atom. The number of rotatable bonds is 11. The van der Waals surface area contributed by atoms with Crippen molar-refractivity contribution in [2.75, 3.05) is 38.6 Å². The van der Waals surface area contributed by atoms with E-state index in [1.54, 1.807) is 31.4 Å². The van der Waals surface area contributed by atoms with Crippen LogP contribution >= 0.6 is 11.3 Å². The summed E-state index contributed by atoms with van der Waals surface area (Å²) in [4.78, 5) is 47.5. The number of methoxy groups -OCH3 is 1. The summed E-state index contributed by atoms with van der Waals surface area (Å²) >= 11 is 1.37. The molecule has 2 saturated heterocycles. The highest BCUT2D eigenvalue weighted by atomic mass is 32.1. The lowest BCUT2D eigenvalue weighted by Gasteiger charge is -2.36. The molecule has 238 valence electrons. The summed E-state index contributed by atoms with van der Waals surface area (Å²) in [6.45, 7) is 5.50. The number of anilines is 1. The van der Waals surface area contributed by atoms with Crippen LogP contribution in [0.3, 0.4) is 0 Å². The second kappa shape index (κ2) is 14.1. The van der Waals surface area contributed by atoms with E-state index in [2.05, 4.69) is 39.6 Å². The number of likely N-dealkylation sites (tertiary alicyclic amines) is 2. The van der Waals surface area contributed by atoms with E-state index in [0.717, 1.165) is 81.5 Å². The van der Waals surface area contributed by atoms with Crippen LogP contribution in [-0.4, -0.2) is 77.9 Å². The van der Waals surface area contributed by atoms with Crippen LogP contribution < -0.4 is 15.4 Å². The van der Waals surface area contributed by atoms with E-state index >= 15 is 0 Å². The maximum atomic E-state index is 13.3. The van der Waals surface area contributed by atoms with Gasteiger partial charge in [-0.3, -0.25) is 24.6 Å². The number of nitrogens with one attached hydrogen (secondary N) is 2. The van der Waals surface area contributed by atoms with Gasteiger partial charge in [0, 0.05) is 66.3 Å². The molecule has 2 aromatic carbocycles. The van der Waals surface area contributed by atoms with Gasteiger partial charge in [-0.2, -0.15) is 0 Å². The van der Waals surface area contributed by atoms with Gasteiger partial charge in [0.15, 0.2) is 5.13 Å². The van der Waals surface area contributed by atoms with Gasteiger partial charge >= 0.3 is 0 Å². The molecule has 3 heterocycles. The smallest absolute Gasteiger partial charge is 0.257 e. The molecule has 9 nitrogen and oxygen atoms in total. The van der Waals surface area contributed by atoms with Crippen molar-refractivity contribution in [1.82, 2.24) is 20.1 Å². The number of carbonyl (C=O) groups excluding carboxylic acids is 3. The van der Waals surface area contributed by atoms with Crippen molar-refractivity contribution in [3.63, 3.8) is 0 Å². The third-order valence-corrected chi connectivity index (χ3v) is 10.0. The number of thiazole rings is 1. The molecule has 0 radical (unpaired) electrons. The van der Waals surface area contributed by atoms with Crippen LogP contribution in [-0.2, 0) is 11.2 Å². The van der Waals surface area contributed by atoms with Crippen molar-refractivity contribution in [2.45, 2.75) is 70.4 Å². The normalized spacial score (nSPS) is 19.0. The maximum Gasteiger partial charge on any atom is 0.257 e. The van der Waals surface area contributed by atoms with E-state index < -0.39 is 0 Å². The summed E-state index contributed by atoms with van der Waals surface area (Å²) < 4.78 is 5.58. The highest BCUT2D eigenvalue weighted by molar-refractivity contribution is 7.14. The van der Waals surface area contributed by atoms with E-state index in [4.69, 9.17) is 4.74 Å². The van der Waals surface area contributed by atoms with Crippen LogP contribution in [0, 0.1) is 5.92 Å². The minimum Gasteiger partial charge on any atom is -0.496 e. The summed E-state index contributed by atoms with van der Waals surface area (Å²) in [5.41, 5.74) is 3.97. The first kappa shape index (κ1) is 31.2. The minimum absolute atomic E-state index is 0.00363. The SMILES string of the molecule is CCCCc1ccc(OC)c(-c2csc(NC(=O)c3ccc(C(=O)N4CCC(N5CCC(NC(=O)C6CC6)C5)CC4)cc3)n2)c1. The summed E-state index contributed by atoms with van der Waals surface area (Å²) in [5, 5.41) is 8.56. The quantitative estimate of drug-likeness (QED) is 0.286. The zero-order valence-electron chi connectivity index (χ0n) is 26.2. The number of hydrogen-bond donors (Lipinski definition) is 2. The Morgan fingerprint density at radius 2 is 1.73 bits per heavy atom. The van der Waals surface area contributed by atoms with Gasteiger partial charge in [-0.1, -0.05) is 19.4 Å². The van der Waals surface area contributed by atoms with Gasteiger partial charge in [0.1, 0.15) is 5.75 Å². The molecular weight excluding hydrogens is 586 g/mol. The molecule has 1 saturated carbocycles. The van der Waals surface area contributed by atoms with Gasteiger partial charge < -0.3 is 15.0 Å². The first-order valence-corrected chi connectivity index (χ1v) is 17.2. The summed E-state index contributed by atoms with van der Waals surface area (Å²) in [6, 6.07) is 13.7. The maximum absolute atomic E-state index is 13.3. The number of aromatic nitrogens is 1. The number of carbonyl (C=O) groups is 3. The molecule has 6 rings (SSSR count). The lowest BCUT2D eigenvalue weighted by Crippen LogP contribution is -2.47. The molecule has 10 heteroatoms. The zero-order valence-corrected chi connectivity index (χ0v) is 27.0. The fraction of sp³-hybridized carbons (Fsp3) is 0.486. The molecule has 2 N–H and O–H groups in total. The molecule has 0 bridgehead atoms. The standard InChI is InChI=1S/C35H43N5O4S/c1-3-4-5-23-6-13-31(44-2)29(20-23)30-22-45-35(37-30)38-33(42)25-9-11-26(12-10-25)34(43)39-18-15-28(16-19-39)40-17-14-27(21-40)36-32(41)24-7-8-24/h6,9-13,20,22,24,27-28H,3-5,7-8,14-19,21H2,1-2H3,(H,36,41)(H,37,38,42). The van der Waals surface area contributed by atoms with E-state index in [9.17, 15) is 14.4 Å². The van der Waals surface area contributed by atoms with Gasteiger partial charge in [-0.25, -0.2) is 4.98 Å². The van der Waals surface area contributed by atoms with Gasteiger partial charge in [0.2, 0.25) is 5.91 Å². The summed E-state index contributed by atoms with van der Waals surface area (Å²) in [5.74, 6) is 0.953. The van der Waals surface area contributed by atoms with Crippen LogP contribution in [0.2, 0.25) is 0 Å². The molecule has 1 atom stereocenters. The fourth-order valence-corrected chi connectivity index (χ4v) is 7.10. The third-order valence-electron chi connectivity index (χ3n) is 9.26. The Balaban J connectivity index is 0.998. The van der Waals surface area contributed by atoms with Crippen LogP contribution in [0.15, 0.2) is 47.8 Å². The van der Waals surface area contributed by atoms with Crippen LogP contribution in [0.5, 0.6) is 5.75 Å². The molecule has 1 aromatic heterocycles. The average molecular weight is 630 g/mol. The fourth-order valence-electron chi connectivity index (χ4n) is 6.40. The number of hydrogen-bond acceptors (Lipinski definition) is 7. The van der Waals surface area contributed by atoms with Gasteiger partial charge in [0.05, 0.1) is 12.8 Å². The Morgan fingerprint density at radius 3 is 2.44 bits per heavy atom. The van der Waals surface area contributed by atoms with E-state index in [1.807, 2.05) is 16.3 Å². The Labute approximate surface area is 269 Å². The zero-order chi connectivity index (χ0) is 31.3. The van der Waals surface area contributed by atoms with Crippen LogP contribution in [0.4, 0.5) is 5.13 Å². The average Bonchev–Trinajstić information content (AvgIpc) is 3.66. The topological polar surface area (TPSA) is 104 Å². The van der Waals surface area contributed by atoms with Crippen molar-refractivity contribution in [3.8, 4) is 17.0 Å². The first-order chi connectivity index (χ1) is 21.9. The molecule has 3 aliphatic rings. The molecule has 3 amide bonds. The number of nitrogens with zero attached hydrogens (tertiary/aromatic N) is 3. The molecule has 2 aliphatic heterocycles. The second-order valence-electron chi connectivity index (χ2n) is 12.5. The Bertz CT molecular complexity index is 1510. The molecular formula is C35H43N5O4S. The second-order valence-corrected chi connectivity index (χ2v) is 13.4. The van der Waals surface area contributed by atoms with Gasteiger partial charge in [0.25, 0.3) is 11.8 Å². The molecule has 45 heavy (non-hydrogen) atoms. The van der Waals surface area contributed by atoms with Crippen molar-refractivity contribution >= 4 is 34.2 Å². The molecule has 0 spiro atoms. The lowest BCUT2D eigenvalue weighted by atomic mass is 10.0. The largest absolute Gasteiger partial charge is 0.496 e. The van der Waals surface area contributed by atoms with Crippen LogP contribution in [0.1, 0.15) is 78.1 Å². The number of amides is 3. The van der Waals surface area contributed by atoms with Crippen molar-refractivity contribution in [3.05, 3.63) is 64.5 Å². The summed E-state index contributed by atoms with van der Waals surface area (Å²) in [7, 11) is 1.65. The van der Waals surface area contributed by atoms with Gasteiger partial charge in [-0.15, -0.1) is 11.3 Å². The molecule has 1 aliphatic carbocycles. The number of benzene rings is 2. The lowest BCUT2D eigenvalue weighted by molar-refractivity contribution is -0.122. The number of unbranched alkanes of at least 4 members (excludes halogenated alkanes) is 1. The van der Waals surface area contributed by atoms with E-state index in [-0.39, 0.29) is 29.7 Å². The monoisotopic (exact) mass is 629 g/mol. The molecule has 3 fully saturated rings. The minimum atomic E-state index is -0.267. The molecule has 3 aromatic rings. The predicted molar refractivity (Wildman–Crippen MR) is 177 cm³/mol. The van der Waals surface area contributed by atoms with Gasteiger partial charge in [-0.05, 0) is 86.9 Å². The number of aryl methyl sites for hydroxylation is 1. The highest BCUT2D eigenvalue weighted by Gasteiger charge is 2.35. The summed E-state index contributed by atoms with van der Waals surface area (Å²) in [6.07, 6.45) is 8.18. The Kier molecular flexibility index (Phi) is 9.80. The van der Waals surface area contributed by atoms with E-state index in [1.165, 1.54) is 16.9 Å². The Hall–Kier alpha value is -3.76. The number of piperidine rings is 1. The van der Waals surface area contributed by atoms with Crippen molar-refractivity contribution < 1.29 is 19.1 Å². The highest BCUT2D eigenvalue weighted by Crippen LogP contribution is 2.34. The molecule has 1 unspecified atom stereocenters. The van der Waals surface area contributed by atoms with E-state index in [0.29, 0.717) is 35.4 Å². The van der Waals surface area contributed by atoms with Crippen molar-refractivity contribution in [2.24, 2.45) is 5.92 Å².